The molecule has 0 aliphatic carbocycles. The molecule has 0 unspecified atom stereocenters. The first-order chi connectivity index (χ1) is 8.00. The molecular weight excluding hydrogens is 229 g/mol. The highest BCUT2D eigenvalue weighted by Gasteiger charge is 2.35. The minimum Gasteiger partial charge on any atom is -0.481 e. The first kappa shape index (κ1) is 11.3. The molecular formula is C11H8FNO4. The summed E-state index contributed by atoms with van der Waals surface area (Å²) >= 11 is 0. The summed E-state index contributed by atoms with van der Waals surface area (Å²) in [5.74, 6) is -3.29. The monoisotopic (exact) mass is 237 g/mol. The molecule has 1 aliphatic heterocycles. The first-order valence-corrected chi connectivity index (χ1v) is 4.88. The second-order valence-electron chi connectivity index (χ2n) is 3.59. The first-order valence-electron chi connectivity index (χ1n) is 4.88. The van der Waals surface area contributed by atoms with Crippen LogP contribution >= 0.6 is 0 Å². The summed E-state index contributed by atoms with van der Waals surface area (Å²) in [6.07, 6.45) is -0.268. The number of halogens is 1. The van der Waals surface area contributed by atoms with Crippen molar-refractivity contribution in [3.8, 4) is 0 Å². The number of carbonyl (C=O) groups is 3. The largest absolute Gasteiger partial charge is 0.481 e. The Balaban J connectivity index is 2.34. The normalized spacial score (nSPS) is 14.1. The van der Waals surface area contributed by atoms with Gasteiger partial charge < -0.3 is 10.0 Å². The fraction of sp³-hybridized carbons (Fsp3) is 0.182. The van der Waals surface area contributed by atoms with E-state index in [1.54, 1.807) is 0 Å². The third-order valence-corrected chi connectivity index (χ3v) is 2.48. The summed E-state index contributed by atoms with van der Waals surface area (Å²) in [5.41, 5.74) is 0.253. The number of fused-ring (bicyclic) bond motifs is 1. The molecule has 1 amide bonds. The van der Waals surface area contributed by atoms with Gasteiger partial charge in [-0.15, -0.1) is 0 Å². The Labute approximate surface area is 95.5 Å². The molecule has 2 rings (SSSR count). The van der Waals surface area contributed by atoms with Crippen molar-refractivity contribution in [1.29, 1.82) is 0 Å². The van der Waals surface area contributed by atoms with E-state index in [0.29, 0.717) is 0 Å². The van der Waals surface area contributed by atoms with E-state index in [9.17, 15) is 18.8 Å². The minimum absolute atomic E-state index is 0.0135. The van der Waals surface area contributed by atoms with Gasteiger partial charge in [-0.25, -0.2) is 4.39 Å². The predicted molar refractivity (Wildman–Crippen MR) is 55.3 cm³/mol. The zero-order valence-electron chi connectivity index (χ0n) is 8.64. The van der Waals surface area contributed by atoms with Crippen LogP contribution in [0.15, 0.2) is 18.2 Å². The van der Waals surface area contributed by atoms with E-state index in [0.717, 1.165) is 17.0 Å². The molecule has 0 saturated carbocycles. The highest BCUT2D eigenvalue weighted by atomic mass is 19.1. The number of carboxylic acids is 1. The van der Waals surface area contributed by atoms with Crippen molar-refractivity contribution in [2.45, 2.75) is 6.42 Å². The maximum absolute atomic E-state index is 12.9. The van der Waals surface area contributed by atoms with Crippen molar-refractivity contribution >= 4 is 23.3 Å². The zero-order valence-corrected chi connectivity index (χ0v) is 8.64. The van der Waals surface area contributed by atoms with Crippen LogP contribution in [-0.4, -0.2) is 29.3 Å². The van der Waals surface area contributed by atoms with Gasteiger partial charge in [0.1, 0.15) is 5.82 Å². The van der Waals surface area contributed by atoms with E-state index in [2.05, 4.69) is 0 Å². The van der Waals surface area contributed by atoms with Gasteiger partial charge in [0.05, 0.1) is 17.7 Å². The molecule has 1 heterocycles. The van der Waals surface area contributed by atoms with Gasteiger partial charge in [-0.2, -0.15) is 0 Å². The van der Waals surface area contributed by atoms with E-state index in [1.165, 1.54) is 6.07 Å². The smallest absolute Gasteiger partial charge is 0.305 e. The van der Waals surface area contributed by atoms with Crippen molar-refractivity contribution < 1.29 is 23.9 Å². The Morgan fingerprint density at radius 3 is 2.71 bits per heavy atom. The van der Waals surface area contributed by atoms with Crippen LogP contribution < -0.4 is 4.90 Å². The summed E-state index contributed by atoms with van der Waals surface area (Å²) in [4.78, 5) is 34.5. The molecule has 1 aliphatic rings. The molecule has 1 N–H and O–H groups in total. The number of carboxylic acid groups (broad SMARTS) is 1. The average molecular weight is 237 g/mol. The average Bonchev–Trinajstić information content (AvgIpc) is 2.50. The zero-order chi connectivity index (χ0) is 12.6. The van der Waals surface area contributed by atoms with E-state index in [-0.39, 0.29) is 24.2 Å². The molecule has 5 nitrogen and oxygen atoms in total. The maximum atomic E-state index is 12.9. The lowest BCUT2D eigenvalue weighted by Gasteiger charge is -2.14. The molecule has 6 heteroatoms. The Kier molecular flexibility index (Phi) is 2.63. The second-order valence-corrected chi connectivity index (χ2v) is 3.59. The van der Waals surface area contributed by atoms with Crippen LogP contribution in [0.4, 0.5) is 10.1 Å². The highest BCUT2D eigenvalue weighted by molar-refractivity contribution is 6.52. The van der Waals surface area contributed by atoms with E-state index in [1.807, 2.05) is 0 Å². The van der Waals surface area contributed by atoms with Crippen LogP contribution in [0.3, 0.4) is 0 Å². The predicted octanol–water partition coefficient (Wildman–Crippen LogP) is 0.830. The second kappa shape index (κ2) is 3.97. The van der Waals surface area contributed by atoms with Crippen LogP contribution in [0.2, 0.25) is 0 Å². The summed E-state index contributed by atoms with van der Waals surface area (Å²) in [6, 6.07) is 3.41. The van der Waals surface area contributed by atoms with Gasteiger partial charge in [-0.3, -0.25) is 14.4 Å². The molecule has 0 radical (unpaired) electrons. The van der Waals surface area contributed by atoms with E-state index >= 15 is 0 Å². The summed E-state index contributed by atoms with van der Waals surface area (Å²) in [6.45, 7) is -0.0987. The molecule has 17 heavy (non-hydrogen) atoms. The lowest BCUT2D eigenvalue weighted by molar-refractivity contribution is -0.136. The molecule has 0 saturated heterocycles. The molecule has 0 atom stereocenters. The lowest BCUT2D eigenvalue weighted by atomic mass is 10.1. The number of ketones is 1. The summed E-state index contributed by atoms with van der Waals surface area (Å²) in [7, 11) is 0. The number of amides is 1. The van der Waals surface area contributed by atoms with Crippen molar-refractivity contribution in [1.82, 2.24) is 0 Å². The van der Waals surface area contributed by atoms with Gasteiger partial charge in [0.2, 0.25) is 0 Å². The minimum atomic E-state index is -1.07. The quantitative estimate of drug-likeness (QED) is 0.790. The van der Waals surface area contributed by atoms with Crippen molar-refractivity contribution in [2.24, 2.45) is 0 Å². The summed E-state index contributed by atoms with van der Waals surface area (Å²) < 4.78 is 12.9. The number of aliphatic carboxylic acids is 1. The van der Waals surface area contributed by atoms with E-state index in [4.69, 9.17) is 5.11 Å². The van der Waals surface area contributed by atoms with Crippen LogP contribution in [0.25, 0.3) is 0 Å². The Bertz CT molecular complexity index is 526. The fourth-order valence-corrected chi connectivity index (χ4v) is 1.70. The number of rotatable bonds is 3. The molecule has 0 aromatic heterocycles. The topological polar surface area (TPSA) is 74.7 Å². The number of nitrogens with zero attached hydrogens (tertiary/aromatic N) is 1. The number of carbonyl (C=O) groups excluding carboxylic acids is 2. The van der Waals surface area contributed by atoms with Crippen LogP contribution in [0.5, 0.6) is 0 Å². The Hall–Kier alpha value is -2.24. The molecule has 0 fully saturated rings. The number of hydrogen-bond donors (Lipinski definition) is 1. The molecule has 1 aromatic rings. The lowest BCUT2D eigenvalue weighted by Crippen LogP contribution is -2.31. The Morgan fingerprint density at radius 2 is 2.06 bits per heavy atom. The van der Waals surface area contributed by atoms with E-state index < -0.39 is 23.5 Å². The molecule has 1 aromatic carbocycles. The van der Waals surface area contributed by atoms with Crippen molar-refractivity contribution in [2.75, 3.05) is 11.4 Å². The third kappa shape index (κ3) is 1.89. The number of hydrogen-bond acceptors (Lipinski definition) is 3. The number of Topliss-reactive ketones (excluding diaryl/α,β-unsaturated/α-hetero) is 1. The van der Waals surface area contributed by atoms with Crippen LogP contribution in [0, 0.1) is 5.82 Å². The van der Waals surface area contributed by atoms with Crippen LogP contribution in [-0.2, 0) is 9.59 Å². The van der Waals surface area contributed by atoms with Gasteiger partial charge in [0.15, 0.2) is 0 Å². The molecule has 0 bridgehead atoms. The SMILES string of the molecule is O=C(O)CCN1C(=O)C(=O)c2cc(F)ccc21. The van der Waals surface area contributed by atoms with Crippen molar-refractivity contribution in [3.63, 3.8) is 0 Å². The standard InChI is InChI=1S/C11H8FNO4/c12-6-1-2-8-7(5-6)10(16)11(17)13(8)4-3-9(14)15/h1-2,5H,3-4H2,(H,14,15). The maximum Gasteiger partial charge on any atom is 0.305 e. The Morgan fingerprint density at radius 1 is 1.35 bits per heavy atom. The van der Waals surface area contributed by atoms with Gasteiger partial charge >= 0.3 is 5.97 Å². The van der Waals surface area contributed by atoms with Gasteiger partial charge in [-0.05, 0) is 18.2 Å². The van der Waals surface area contributed by atoms with Crippen molar-refractivity contribution in [3.05, 3.63) is 29.6 Å². The number of benzene rings is 1. The van der Waals surface area contributed by atoms with Gasteiger partial charge in [0.25, 0.3) is 11.7 Å². The van der Waals surface area contributed by atoms with Gasteiger partial charge in [-0.1, -0.05) is 0 Å². The number of anilines is 1. The third-order valence-electron chi connectivity index (χ3n) is 2.48. The molecule has 88 valence electrons. The van der Waals surface area contributed by atoms with Gasteiger partial charge in [0, 0.05) is 6.54 Å². The highest BCUT2D eigenvalue weighted by Crippen LogP contribution is 2.29. The summed E-state index contributed by atoms with van der Waals surface area (Å²) in [5, 5.41) is 8.54. The fourth-order valence-electron chi connectivity index (χ4n) is 1.70. The van der Waals surface area contributed by atoms with Crippen LogP contribution in [0.1, 0.15) is 16.8 Å². The molecule has 0 spiro atoms.